The molecule has 90 valence electrons. The summed E-state index contributed by atoms with van der Waals surface area (Å²) >= 11 is 0. The highest BCUT2D eigenvalue weighted by molar-refractivity contribution is 4.80. The Morgan fingerprint density at radius 2 is 1.93 bits per heavy atom. The molecule has 3 unspecified atom stereocenters. The molecule has 1 rings (SSSR count). The monoisotopic (exact) mass is 211 g/mol. The van der Waals surface area contributed by atoms with Gasteiger partial charge in [-0.05, 0) is 37.1 Å². The van der Waals surface area contributed by atoms with Crippen LogP contribution in [-0.2, 0) is 0 Å². The van der Waals surface area contributed by atoms with Gasteiger partial charge in [0.15, 0.2) is 0 Å². The quantitative estimate of drug-likeness (QED) is 0.728. The van der Waals surface area contributed by atoms with Gasteiger partial charge >= 0.3 is 0 Å². The van der Waals surface area contributed by atoms with Gasteiger partial charge in [0.1, 0.15) is 0 Å². The van der Waals surface area contributed by atoms with Crippen molar-refractivity contribution in [1.29, 1.82) is 0 Å². The first-order valence-corrected chi connectivity index (χ1v) is 6.86. The number of nitrogens with one attached hydrogen (secondary N) is 1. The Morgan fingerprint density at radius 3 is 2.53 bits per heavy atom. The van der Waals surface area contributed by atoms with E-state index in [2.05, 4.69) is 33.0 Å². The molecule has 0 aliphatic heterocycles. The Labute approximate surface area is 96.0 Å². The Morgan fingerprint density at radius 1 is 1.20 bits per heavy atom. The van der Waals surface area contributed by atoms with Crippen molar-refractivity contribution in [2.24, 2.45) is 17.8 Å². The van der Waals surface area contributed by atoms with Gasteiger partial charge in [-0.1, -0.05) is 47.0 Å². The van der Waals surface area contributed by atoms with Crippen LogP contribution in [0.15, 0.2) is 0 Å². The van der Waals surface area contributed by atoms with Crippen LogP contribution in [0.25, 0.3) is 0 Å². The first-order chi connectivity index (χ1) is 7.13. The average Bonchev–Trinajstić information content (AvgIpc) is 2.17. The van der Waals surface area contributed by atoms with Gasteiger partial charge in [-0.25, -0.2) is 0 Å². The predicted molar refractivity (Wildman–Crippen MR) is 68.0 cm³/mol. The van der Waals surface area contributed by atoms with Crippen LogP contribution in [-0.4, -0.2) is 12.6 Å². The summed E-state index contributed by atoms with van der Waals surface area (Å²) in [4.78, 5) is 0. The highest BCUT2D eigenvalue weighted by Crippen LogP contribution is 2.36. The molecule has 0 saturated heterocycles. The standard InChI is InChI=1S/C14H29N/c1-5-6-13-9-12(4)7-8-14(13)10-15-11(2)3/h11-15H,5-10H2,1-4H3. The van der Waals surface area contributed by atoms with E-state index >= 15 is 0 Å². The predicted octanol–water partition coefficient (Wildman–Crippen LogP) is 3.84. The number of hydrogen-bond donors (Lipinski definition) is 1. The van der Waals surface area contributed by atoms with Gasteiger partial charge in [0.25, 0.3) is 0 Å². The smallest absolute Gasteiger partial charge is 0.00104 e. The normalized spacial score (nSPS) is 32.2. The summed E-state index contributed by atoms with van der Waals surface area (Å²) in [6.45, 7) is 10.5. The zero-order chi connectivity index (χ0) is 11.3. The Kier molecular flexibility index (Phi) is 5.66. The molecule has 0 aromatic rings. The van der Waals surface area contributed by atoms with Crippen LogP contribution in [0.5, 0.6) is 0 Å². The molecule has 0 heterocycles. The minimum absolute atomic E-state index is 0.645. The third-order valence-electron chi connectivity index (χ3n) is 3.85. The molecule has 0 amide bonds. The van der Waals surface area contributed by atoms with E-state index in [0.717, 1.165) is 17.8 Å². The Balaban J connectivity index is 2.37. The molecule has 0 spiro atoms. The van der Waals surface area contributed by atoms with Crippen molar-refractivity contribution >= 4 is 0 Å². The van der Waals surface area contributed by atoms with Crippen molar-refractivity contribution in [2.45, 2.75) is 65.8 Å². The van der Waals surface area contributed by atoms with E-state index in [1.807, 2.05) is 0 Å². The van der Waals surface area contributed by atoms with Crippen molar-refractivity contribution in [1.82, 2.24) is 5.32 Å². The van der Waals surface area contributed by atoms with E-state index in [0.29, 0.717) is 6.04 Å². The largest absolute Gasteiger partial charge is 0.314 e. The van der Waals surface area contributed by atoms with Crippen LogP contribution in [0.2, 0.25) is 0 Å². The fourth-order valence-electron chi connectivity index (χ4n) is 2.94. The van der Waals surface area contributed by atoms with Gasteiger partial charge in [-0.2, -0.15) is 0 Å². The molecule has 3 atom stereocenters. The molecule has 0 radical (unpaired) electrons. The lowest BCUT2D eigenvalue weighted by molar-refractivity contribution is 0.171. The number of hydrogen-bond acceptors (Lipinski definition) is 1. The third kappa shape index (κ3) is 4.55. The van der Waals surface area contributed by atoms with E-state index in [1.54, 1.807) is 0 Å². The molecule has 1 nitrogen and oxygen atoms in total. The summed E-state index contributed by atoms with van der Waals surface area (Å²) < 4.78 is 0. The molecule has 0 aromatic heterocycles. The average molecular weight is 211 g/mol. The maximum absolute atomic E-state index is 3.62. The third-order valence-corrected chi connectivity index (χ3v) is 3.85. The van der Waals surface area contributed by atoms with Crippen molar-refractivity contribution in [3.8, 4) is 0 Å². The summed E-state index contributed by atoms with van der Waals surface area (Å²) in [5.41, 5.74) is 0. The lowest BCUT2D eigenvalue weighted by Crippen LogP contribution is -2.35. The zero-order valence-corrected chi connectivity index (χ0v) is 11.1. The maximum atomic E-state index is 3.62. The molecule has 1 saturated carbocycles. The van der Waals surface area contributed by atoms with E-state index < -0.39 is 0 Å². The second kappa shape index (κ2) is 6.52. The van der Waals surface area contributed by atoms with Crippen molar-refractivity contribution < 1.29 is 0 Å². The maximum Gasteiger partial charge on any atom is 0.00104 e. The van der Waals surface area contributed by atoms with Crippen LogP contribution >= 0.6 is 0 Å². The summed E-state index contributed by atoms with van der Waals surface area (Å²) in [5.74, 6) is 2.91. The summed E-state index contributed by atoms with van der Waals surface area (Å²) in [7, 11) is 0. The molecule has 1 aliphatic carbocycles. The van der Waals surface area contributed by atoms with E-state index in [4.69, 9.17) is 0 Å². The van der Waals surface area contributed by atoms with Crippen molar-refractivity contribution in [2.75, 3.05) is 6.54 Å². The molecular formula is C14H29N. The molecule has 15 heavy (non-hydrogen) atoms. The van der Waals surface area contributed by atoms with Crippen LogP contribution < -0.4 is 5.32 Å². The minimum atomic E-state index is 0.645. The zero-order valence-electron chi connectivity index (χ0n) is 11.1. The Bertz CT molecular complexity index is 165. The summed E-state index contributed by atoms with van der Waals surface area (Å²) in [6.07, 6.45) is 7.17. The second-order valence-electron chi connectivity index (χ2n) is 5.79. The lowest BCUT2D eigenvalue weighted by Gasteiger charge is -2.35. The first kappa shape index (κ1) is 13.0. The van der Waals surface area contributed by atoms with Gasteiger partial charge in [0.05, 0.1) is 0 Å². The van der Waals surface area contributed by atoms with Crippen molar-refractivity contribution in [3.05, 3.63) is 0 Å². The fraction of sp³-hybridized carbons (Fsp3) is 1.00. The van der Waals surface area contributed by atoms with Crippen LogP contribution in [0, 0.1) is 17.8 Å². The van der Waals surface area contributed by atoms with Crippen molar-refractivity contribution in [3.63, 3.8) is 0 Å². The number of rotatable bonds is 5. The van der Waals surface area contributed by atoms with Gasteiger partial charge in [-0.3, -0.25) is 0 Å². The van der Waals surface area contributed by atoms with Gasteiger partial charge in [-0.15, -0.1) is 0 Å². The first-order valence-electron chi connectivity index (χ1n) is 6.86. The lowest BCUT2D eigenvalue weighted by atomic mass is 9.73. The van der Waals surface area contributed by atoms with Crippen LogP contribution in [0.1, 0.15) is 59.8 Å². The topological polar surface area (TPSA) is 12.0 Å². The molecule has 1 N–H and O–H groups in total. The highest BCUT2D eigenvalue weighted by Gasteiger charge is 2.27. The van der Waals surface area contributed by atoms with Crippen LogP contribution in [0.4, 0.5) is 0 Å². The van der Waals surface area contributed by atoms with E-state index in [-0.39, 0.29) is 0 Å². The van der Waals surface area contributed by atoms with E-state index in [9.17, 15) is 0 Å². The van der Waals surface area contributed by atoms with Gasteiger partial charge in [0, 0.05) is 6.04 Å². The second-order valence-corrected chi connectivity index (χ2v) is 5.79. The van der Waals surface area contributed by atoms with Crippen LogP contribution in [0.3, 0.4) is 0 Å². The molecule has 1 aliphatic rings. The van der Waals surface area contributed by atoms with Gasteiger partial charge < -0.3 is 5.32 Å². The highest BCUT2D eigenvalue weighted by atomic mass is 14.9. The molecular weight excluding hydrogens is 182 g/mol. The summed E-state index contributed by atoms with van der Waals surface area (Å²) in [5, 5.41) is 3.62. The molecule has 0 bridgehead atoms. The molecule has 0 aromatic carbocycles. The SMILES string of the molecule is CCCC1CC(C)CCC1CNC(C)C. The fourth-order valence-corrected chi connectivity index (χ4v) is 2.94. The van der Waals surface area contributed by atoms with E-state index in [1.165, 1.54) is 38.6 Å². The molecule has 1 fully saturated rings. The minimum Gasteiger partial charge on any atom is -0.314 e. The summed E-state index contributed by atoms with van der Waals surface area (Å²) in [6, 6.07) is 0.645. The van der Waals surface area contributed by atoms with Gasteiger partial charge in [0.2, 0.25) is 0 Å². The Hall–Kier alpha value is -0.0400. The molecule has 1 heteroatoms.